The molecular formula is C17H21N. The minimum atomic E-state index is 0.185. The second kappa shape index (κ2) is 4.01. The molecule has 18 heavy (non-hydrogen) atoms. The Balaban J connectivity index is 1.75. The molecule has 0 aromatic heterocycles. The zero-order valence-electron chi connectivity index (χ0n) is 11.3. The summed E-state index contributed by atoms with van der Waals surface area (Å²) in [6, 6.07) is 8.45. The predicted octanol–water partition coefficient (Wildman–Crippen LogP) is 4.05. The average Bonchev–Trinajstić information content (AvgIpc) is 3.06. The normalized spacial score (nSPS) is 29.2. The van der Waals surface area contributed by atoms with Crippen LogP contribution < -0.4 is 5.32 Å². The number of nitrogens with one attached hydrogen (secondary N) is 1. The summed E-state index contributed by atoms with van der Waals surface area (Å²) in [5.41, 5.74) is 5.45. The van der Waals surface area contributed by atoms with Crippen molar-refractivity contribution in [3.8, 4) is 0 Å². The molecule has 1 N–H and O–H groups in total. The monoisotopic (exact) mass is 239 g/mol. The lowest BCUT2D eigenvalue weighted by atomic mass is 9.86. The minimum absolute atomic E-state index is 0.185. The van der Waals surface area contributed by atoms with Gasteiger partial charge >= 0.3 is 0 Å². The van der Waals surface area contributed by atoms with Gasteiger partial charge in [0.25, 0.3) is 0 Å². The second-order valence-corrected chi connectivity index (χ2v) is 6.07. The first-order valence-electron chi connectivity index (χ1n) is 6.79. The van der Waals surface area contributed by atoms with Crippen LogP contribution in [0.3, 0.4) is 0 Å². The molecule has 1 aromatic carbocycles. The molecule has 0 aliphatic heterocycles. The molecule has 1 aromatic rings. The van der Waals surface area contributed by atoms with Gasteiger partial charge in [0, 0.05) is 11.2 Å². The summed E-state index contributed by atoms with van der Waals surface area (Å²) in [5, 5.41) is 3.67. The maximum atomic E-state index is 4.23. The maximum absolute atomic E-state index is 4.23. The molecule has 3 rings (SSSR count). The summed E-state index contributed by atoms with van der Waals surface area (Å²) in [6.45, 7) is 8.70. The number of allylic oxidation sites excluding steroid dienone is 1. The largest absolute Gasteiger partial charge is 0.380 e. The number of benzene rings is 1. The van der Waals surface area contributed by atoms with Crippen LogP contribution in [0.4, 0.5) is 0 Å². The fraction of sp³-hybridized carbons (Fsp3) is 0.412. The molecule has 2 aliphatic carbocycles. The van der Waals surface area contributed by atoms with Crippen molar-refractivity contribution in [2.75, 3.05) is 0 Å². The van der Waals surface area contributed by atoms with E-state index in [1.165, 1.54) is 24.0 Å². The van der Waals surface area contributed by atoms with Gasteiger partial charge in [0.2, 0.25) is 0 Å². The quantitative estimate of drug-likeness (QED) is 0.784. The molecule has 0 spiro atoms. The lowest BCUT2D eigenvalue weighted by molar-refractivity contribution is 0.358. The zero-order valence-corrected chi connectivity index (χ0v) is 11.3. The van der Waals surface area contributed by atoms with Gasteiger partial charge < -0.3 is 5.32 Å². The Morgan fingerprint density at radius 3 is 2.89 bits per heavy atom. The van der Waals surface area contributed by atoms with Crippen LogP contribution in [0.5, 0.6) is 0 Å². The fourth-order valence-electron chi connectivity index (χ4n) is 3.11. The molecule has 2 aliphatic rings. The second-order valence-electron chi connectivity index (χ2n) is 6.07. The van der Waals surface area contributed by atoms with Crippen LogP contribution in [0.1, 0.15) is 37.3 Å². The Bertz CT molecular complexity index is 526. The molecule has 1 fully saturated rings. The van der Waals surface area contributed by atoms with Gasteiger partial charge in [-0.3, -0.25) is 0 Å². The molecule has 2 unspecified atom stereocenters. The van der Waals surface area contributed by atoms with Crippen LogP contribution in [-0.2, 0) is 0 Å². The minimum Gasteiger partial charge on any atom is -0.380 e. The van der Waals surface area contributed by atoms with Crippen molar-refractivity contribution in [3.05, 3.63) is 53.6 Å². The number of aryl methyl sites for hydroxylation is 1. The third-order valence-electron chi connectivity index (χ3n) is 4.28. The smallest absolute Gasteiger partial charge is 0.0385 e. The lowest BCUT2D eigenvalue weighted by Gasteiger charge is -2.34. The van der Waals surface area contributed by atoms with Gasteiger partial charge in [0.15, 0.2) is 0 Å². The first kappa shape index (κ1) is 11.6. The molecule has 1 saturated carbocycles. The van der Waals surface area contributed by atoms with Crippen molar-refractivity contribution >= 4 is 5.70 Å². The molecular weight excluding hydrogens is 218 g/mol. The Kier molecular flexibility index (Phi) is 2.58. The summed E-state index contributed by atoms with van der Waals surface area (Å²) in [5.74, 6) is 0.848. The number of rotatable bonds is 3. The number of hydrogen-bond donors (Lipinski definition) is 1. The predicted molar refractivity (Wildman–Crippen MR) is 77.2 cm³/mol. The maximum Gasteiger partial charge on any atom is 0.0385 e. The molecule has 2 atom stereocenters. The highest BCUT2D eigenvalue weighted by molar-refractivity contribution is 5.65. The van der Waals surface area contributed by atoms with Gasteiger partial charge in [-0.25, -0.2) is 0 Å². The van der Waals surface area contributed by atoms with Gasteiger partial charge in [-0.2, -0.15) is 0 Å². The molecule has 0 bridgehead atoms. The standard InChI is InChI=1S/C17H21N/c1-12-6-4-5-7-16(12)13(2)18-17(3)9-8-14-10-15(14)11-17/h4-8,15,18H,2,9-11H2,1,3H3. The van der Waals surface area contributed by atoms with Crippen molar-refractivity contribution in [1.82, 2.24) is 5.32 Å². The lowest BCUT2D eigenvalue weighted by Crippen LogP contribution is -2.42. The van der Waals surface area contributed by atoms with Crippen LogP contribution in [-0.4, -0.2) is 5.54 Å². The summed E-state index contributed by atoms with van der Waals surface area (Å²) in [4.78, 5) is 0. The van der Waals surface area contributed by atoms with E-state index in [1.54, 1.807) is 5.57 Å². The molecule has 1 nitrogen and oxygen atoms in total. The third-order valence-corrected chi connectivity index (χ3v) is 4.28. The van der Waals surface area contributed by atoms with Gasteiger partial charge in [-0.05, 0) is 50.2 Å². The van der Waals surface area contributed by atoms with Crippen molar-refractivity contribution in [3.63, 3.8) is 0 Å². The first-order valence-corrected chi connectivity index (χ1v) is 6.79. The highest BCUT2D eigenvalue weighted by Crippen LogP contribution is 2.48. The Morgan fingerprint density at radius 1 is 1.39 bits per heavy atom. The van der Waals surface area contributed by atoms with E-state index in [0.717, 1.165) is 18.0 Å². The number of hydrogen-bond acceptors (Lipinski definition) is 1. The summed E-state index contributed by atoms with van der Waals surface area (Å²) >= 11 is 0. The van der Waals surface area contributed by atoms with E-state index in [1.807, 2.05) is 0 Å². The van der Waals surface area contributed by atoms with Gasteiger partial charge in [0.05, 0.1) is 0 Å². The van der Waals surface area contributed by atoms with Gasteiger partial charge in [0.1, 0.15) is 0 Å². The Labute approximate surface area is 110 Å². The van der Waals surface area contributed by atoms with E-state index in [4.69, 9.17) is 0 Å². The molecule has 1 heteroatoms. The van der Waals surface area contributed by atoms with E-state index in [-0.39, 0.29) is 5.54 Å². The van der Waals surface area contributed by atoms with Crippen molar-refractivity contribution in [2.24, 2.45) is 5.92 Å². The topological polar surface area (TPSA) is 12.0 Å². The Hall–Kier alpha value is -1.50. The Morgan fingerprint density at radius 2 is 2.17 bits per heavy atom. The van der Waals surface area contributed by atoms with Crippen LogP contribution in [0.25, 0.3) is 5.70 Å². The van der Waals surface area contributed by atoms with Crippen LogP contribution in [0.15, 0.2) is 42.5 Å². The van der Waals surface area contributed by atoms with E-state index < -0.39 is 0 Å². The van der Waals surface area contributed by atoms with E-state index in [2.05, 4.69) is 56.1 Å². The highest BCUT2D eigenvalue weighted by Gasteiger charge is 2.41. The molecule has 94 valence electrons. The van der Waals surface area contributed by atoms with Gasteiger partial charge in [-0.15, -0.1) is 0 Å². The van der Waals surface area contributed by atoms with E-state index >= 15 is 0 Å². The highest BCUT2D eigenvalue weighted by atomic mass is 15.0. The third kappa shape index (κ3) is 2.10. The molecule has 0 heterocycles. The van der Waals surface area contributed by atoms with Gasteiger partial charge in [-0.1, -0.05) is 42.5 Å². The van der Waals surface area contributed by atoms with E-state index in [9.17, 15) is 0 Å². The molecule has 0 amide bonds. The summed E-state index contributed by atoms with van der Waals surface area (Å²) < 4.78 is 0. The van der Waals surface area contributed by atoms with Crippen molar-refractivity contribution in [1.29, 1.82) is 0 Å². The average molecular weight is 239 g/mol. The van der Waals surface area contributed by atoms with Crippen molar-refractivity contribution in [2.45, 2.75) is 38.6 Å². The summed E-state index contributed by atoms with van der Waals surface area (Å²) in [6.07, 6.45) is 6.13. The summed E-state index contributed by atoms with van der Waals surface area (Å²) in [7, 11) is 0. The molecule has 0 saturated heterocycles. The van der Waals surface area contributed by atoms with Crippen LogP contribution in [0.2, 0.25) is 0 Å². The SMILES string of the molecule is C=C(NC1(C)CC=C2CC2C1)c1ccccc1C. The zero-order chi connectivity index (χ0) is 12.8. The van der Waals surface area contributed by atoms with Crippen LogP contribution in [0, 0.1) is 12.8 Å². The van der Waals surface area contributed by atoms with E-state index in [0.29, 0.717) is 0 Å². The molecule has 0 radical (unpaired) electrons. The number of fused-ring (bicyclic) bond motifs is 1. The van der Waals surface area contributed by atoms with Crippen molar-refractivity contribution < 1.29 is 0 Å². The fourth-order valence-corrected chi connectivity index (χ4v) is 3.11. The first-order chi connectivity index (χ1) is 8.57. The van der Waals surface area contributed by atoms with Crippen LogP contribution >= 0.6 is 0 Å².